The molecule has 0 spiro atoms. The largest absolute Gasteiger partial charge is 0.261 e. The number of halogens is 1. The number of sulfonamides is 1. The van der Waals surface area contributed by atoms with Gasteiger partial charge >= 0.3 is 0 Å². The molecule has 100 valence electrons. The van der Waals surface area contributed by atoms with Gasteiger partial charge in [-0.1, -0.05) is 12.1 Å². The van der Waals surface area contributed by atoms with E-state index in [-0.39, 0.29) is 10.3 Å². The zero-order valence-electron chi connectivity index (χ0n) is 10.2. The molecule has 3 rings (SSSR count). The minimum Gasteiger partial charge on any atom is -0.261 e. The van der Waals surface area contributed by atoms with Gasteiger partial charge in [0, 0.05) is 30.1 Å². The fourth-order valence-corrected chi connectivity index (χ4v) is 4.18. The molecule has 0 radical (unpaired) electrons. The van der Waals surface area contributed by atoms with Crippen LogP contribution in [0.3, 0.4) is 0 Å². The molecular weight excluding hydrogens is 267 g/mol. The zero-order valence-corrected chi connectivity index (χ0v) is 11.0. The average molecular weight is 280 g/mol. The summed E-state index contributed by atoms with van der Waals surface area (Å²) in [5.41, 5.74) is 0. The van der Waals surface area contributed by atoms with Crippen molar-refractivity contribution in [3.63, 3.8) is 0 Å². The second-order valence-corrected chi connectivity index (χ2v) is 6.49. The number of aromatic nitrogens is 1. The Kier molecular flexibility index (Phi) is 2.99. The molecular formula is C13H13FN2O2S. The first-order chi connectivity index (χ1) is 9.10. The van der Waals surface area contributed by atoms with Gasteiger partial charge in [-0.3, -0.25) is 4.98 Å². The van der Waals surface area contributed by atoms with E-state index in [0.29, 0.717) is 18.5 Å². The second kappa shape index (κ2) is 4.54. The van der Waals surface area contributed by atoms with Crippen molar-refractivity contribution < 1.29 is 12.8 Å². The first-order valence-electron chi connectivity index (χ1n) is 6.13. The molecule has 1 aliphatic rings. The minimum absolute atomic E-state index is 0.0341. The third-order valence-corrected chi connectivity index (χ3v) is 5.32. The van der Waals surface area contributed by atoms with Gasteiger partial charge in [0.1, 0.15) is 0 Å². The number of hydrogen-bond acceptors (Lipinski definition) is 3. The normalized spacial score (nSPS) is 17.1. The molecule has 1 aliphatic heterocycles. The van der Waals surface area contributed by atoms with Crippen molar-refractivity contribution >= 4 is 20.8 Å². The lowest BCUT2D eigenvalue weighted by Gasteiger charge is -2.17. The minimum atomic E-state index is -3.62. The van der Waals surface area contributed by atoms with E-state index in [2.05, 4.69) is 4.98 Å². The summed E-state index contributed by atoms with van der Waals surface area (Å²) in [6, 6.07) is 4.74. The topological polar surface area (TPSA) is 50.3 Å². The van der Waals surface area contributed by atoms with Crippen LogP contribution in [0.15, 0.2) is 35.5 Å². The van der Waals surface area contributed by atoms with Gasteiger partial charge in [-0.25, -0.2) is 12.8 Å². The van der Waals surface area contributed by atoms with Gasteiger partial charge in [-0.15, -0.1) is 0 Å². The maximum Gasteiger partial charge on any atom is 0.243 e. The zero-order chi connectivity index (χ0) is 13.5. The van der Waals surface area contributed by atoms with Crippen molar-refractivity contribution in [2.45, 2.75) is 17.7 Å². The molecule has 0 atom stereocenters. The van der Waals surface area contributed by atoms with Crippen LogP contribution in [0.5, 0.6) is 0 Å². The van der Waals surface area contributed by atoms with Gasteiger partial charge in [0.05, 0.1) is 11.1 Å². The maximum atomic E-state index is 13.9. The third-order valence-electron chi connectivity index (χ3n) is 3.38. The van der Waals surface area contributed by atoms with E-state index in [1.165, 1.54) is 16.6 Å². The van der Waals surface area contributed by atoms with Gasteiger partial charge in [-0.2, -0.15) is 4.31 Å². The summed E-state index contributed by atoms with van der Waals surface area (Å²) in [5, 5.41) is 0.629. The SMILES string of the molecule is O=S(=O)(c1cccc2cncc(F)c12)N1CCCC1. The first kappa shape index (κ1) is 12.5. The number of rotatable bonds is 2. The standard InChI is InChI=1S/C13H13FN2O2S/c14-11-9-15-8-10-4-3-5-12(13(10)11)19(17,18)16-6-1-2-7-16/h3-5,8-9H,1-2,6-7H2. The van der Waals surface area contributed by atoms with Crippen LogP contribution in [0.1, 0.15) is 12.8 Å². The molecule has 0 aliphatic carbocycles. The van der Waals surface area contributed by atoms with Crippen molar-refractivity contribution in [1.29, 1.82) is 0 Å². The van der Waals surface area contributed by atoms with Crippen LogP contribution in [-0.2, 0) is 10.0 Å². The second-order valence-electron chi connectivity index (χ2n) is 4.59. The highest BCUT2D eigenvalue weighted by Gasteiger charge is 2.29. The molecule has 0 unspecified atom stereocenters. The number of fused-ring (bicyclic) bond motifs is 1. The van der Waals surface area contributed by atoms with Crippen molar-refractivity contribution in [2.75, 3.05) is 13.1 Å². The number of nitrogens with zero attached hydrogens (tertiary/aromatic N) is 2. The molecule has 4 nitrogen and oxygen atoms in total. The third kappa shape index (κ3) is 2.01. The molecule has 0 bridgehead atoms. The molecule has 2 aromatic rings. The van der Waals surface area contributed by atoms with Crippen molar-refractivity contribution in [3.8, 4) is 0 Å². The van der Waals surface area contributed by atoms with Crippen LogP contribution >= 0.6 is 0 Å². The summed E-state index contributed by atoms with van der Waals surface area (Å²) in [7, 11) is -3.62. The quantitative estimate of drug-likeness (QED) is 0.847. The smallest absolute Gasteiger partial charge is 0.243 e. The van der Waals surface area contributed by atoms with Crippen LogP contribution in [-0.4, -0.2) is 30.8 Å². The highest BCUT2D eigenvalue weighted by Crippen LogP contribution is 2.28. The summed E-state index contributed by atoms with van der Waals surface area (Å²) in [6.45, 7) is 1.01. The van der Waals surface area contributed by atoms with Crippen LogP contribution in [0.25, 0.3) is 10.8 Å². The molecule has 6 heteroatoms. The highest BCUT2D eigenvalue weighted by molar-refractivity contribution is 7.89. The van der Waals surface area contributed by atoms with Crippen molar-refractivity contribution in [3.05, 3.63) is 36.4 Å². The van der Waals surface area contributed by atoms with E-state index in [4.69, 9.17) is 0 Å². The van der Waals surface area contributed by atoms with Crippen LogP contribution < -0.4 is 0 Å². The summed E-state index contributed by atoms with van der Waals surface area (Å²) in [6.07, 6.45) is 4.23. The molecule has 0 N–H and O–H groups in total. The predicted octanol–water partition coefficient (Wildman–Crippen LogP) is 2.16. The Bertz CT molecular complexity index is 719. The van der Waals surface area contributed by atoms with Gasteiger partial charge in [-0.05, 0) is 18.9 Å². The molecule has 0 amide bonds. The summed E-state index contributed by atoms with van der Waals surface area (Å²) in [4.78, 5) is 3.78. The number of pyridine rings is 1. The maximum absolute atomic E-state index is 13.9. The Labute approximate surface area is 110 Å². The molecule has 1 fully saturated rings. The van der Waals surface area contributed by atoms with E-state index in [0.717, 1.165) is 19.0 Å². The monoisotopic (exact) mass is 280 g/mol. The summed E-state index contributed by atoms with van der Waals surface area (Å²) < 4.78 is 40.4. The lowest BCUT2D eigenvalue weighted by Crippen LogP contribution is -2.28. The van der Waals surface area contributed by atoms with Gasteiger partial charge in [0.25, 0.3) is 0 Å². The Morgan fingerprint density at radius 2 is 1.89 bits per heavy atom. The molecule has 1 aromatic carbocycles. The van der Waals surface area contributed by atoms with E-state index < -0.39 is 15.8 Å². The van der Waals surface area contributed by atoms with Crippen molar-refractivity contribution in [2.24, 2.45) is 0 Å². The summed E-state index contributed by atoms with van der Waals surface area (Å²) >= 11 is 0. The van der Waals surface area contributed by atoms with Crippen molar-refractivity contribution in [1.82, 2.24) is 9.29 Å². The van der Waals surface area contributed by atoms with E-state index in [1.54, 1.807) is 12.1 Å². The van der Waals surface area contributed by atoms with Gasteiger partial charge in [0.2, 0.25) is 10.0 Å². The Morgan fingerprint density at radius 1 is 1.16 bits per heavy atom. The number of hydrogen-bond donors (Lipinski definition) is 0. The average Bonchev–Trinajstić information content (AvgIpc) is 2.93. The summed E-state index contributed by atoms with van der Waals surface area (Å²) in [5.74, 6) is -0.601. The predicted molar refractivity (Wildman–Crippen MR) is 69.7 cm³/mol. The fourth-order valence-electron chi connectivity index (χ4n) is 2.44. The lowest BCUT2D eigenvalue weighted by atomic mass is 10.2. The Balaban J connectivity index is 2.25. The van der Waals surface area contributed by atoms with E-state index >= 15 is 0 Å². The molecule has 1 aromatic heterocycles. The lowest BCUT2D eigenvalue weighted by molar-refractivity contribution is 0.478. The number of benzene rings is 1. The molecule has 0 saturated carbocycles. The van der Waals surface area contributed by atoms with E-state index in [9.17, 15) is 12.8 Å². The Hall–Kier alpha value is -1.53. The first-order valence-corrected chi connectivity index (χ1v) is 7.57. The van der Waals surface area contributed by atoms with Crippen LogP contribution in [0, 0.1) is 5.82 Å². The Morgan fingerprint density at radius 3 is 2.63 bits per heavy atom. The molecule has 2 heterocycles. The molecule has 19 heavy (non-hydrogen) atoms. The molecule has 1 saturated heterocycles. The van der Waals surface area contributed by atoms with E-state index in [1.807, 2.05) is 0 Å². The highest BCUT2D eigenvalue weighted by atomic mass is 32.2. The van der Waals surface area contributed by atoms with Gasteiger partial charge < -0.3 is 0 Å². The van der Waals surface area contributed by atoms with Crippen LogP contribution in [0.2, 0.25) is 0 Å². The van der Waals surface area contributed by atoms with Gasteiger partial charge in [0.15, 0.2) is 5.82 Å². The van der Waals surface area contributed by atoms with Crippen LogP contribution in [0.4, 0.5) is 4.39 Å². The fraction of sp³-hybridized carbons (Fsp3) is 0.308.